The summed E-state index contributed by atoms with van der Waals surface area (Å²) >= 11 is 0. The van der Waals surface area contributed by atoms with Gasteiger partial charge in [-0.15, -0.1) is 0 Å². The molecule has 5 rings (SSSR count). The maximum absolute atomic E-state index is 13.4. The smallest absolute Gasteiger partial charge is 0.332 e. The molecular formula is C26H22FN3O5. The summed E-state index contributed by atoms with van der Waals surface area (Å²) in [5.74, 6) is -0.225. The molecule has 0 saturated carbocycles. The highest BCUT2D eigenvalue weighted by Gasteiger charge is 2.46. The van der Waals surface area contributed by atoms with E-state index in [1.165, 1.54) is 29.2 Å². The van der Waals surface area contributed by atoms with E-state index in [2.05, 4.69) is 5.32 Å². The largest absolute Gasteiger partial charge is 0.454 e. The summed E-state index contributed by atoms with van der Waals surface area (Å²) in [6.07, 6.45) is -0.255. The Morgan fingerprint density at radius 2 is 1.71 bits per heavy atom. The van der Waals surface area contributed by atoms with Gasteiger partial charge in [0, 0.05) is 12.2 Å². The first-order valence-electron chi connectivity index (χ1n) is 11.0. The summed E-state index contributed by atoms with van der Waals surface area (Å²) in [7, 11) is 0. The Morgan fingerprint density at radius 3 is 2.46 bits per heavy atom. The number of halogens is 1. The maximum atomic E-state index is 13.4. The van der Waals surface area contributed by atoms with Crippen LogP contribution in [0.25, 0.3) is 0 Å². The number of fused-ring (bicyclic) bond motifs is 1. The van der Waals surface area contributed by atoms with Crippen molar-refractivity contribution in [3.63, 3.8) is 0 Å². The second-order valence-corrected chi connectivity index (χ2v) is 8.38. The SMILES string of the molecule is Cc1ccc(N2C(=O)[C@@H](CC(=O)Nc3ccc(F)cc3)N(Cc3ccc4c(c3)OCO4)C2=O)cc1. The third-order valence-electron chi connectivity index (χ3n) is 5.91. The van der Waals surface area contributed by atoms with E-state index in [1.54, 1.807) is 30.3 Å². The number of amides is 4. The summed E-state index contributed by atoms with van der Waals surface area (Å²) in [4.78, 5) is 42.1. The fourth-order valence-electron chi connectivity index (χ4n) is 4.10. The standard InChI is InChI=1S/C26H22FN3O5/c1-16-2-9-20(10-3-16)30-25(32)21(13-24(31)28-19-7-5-18(27)6-8-19)29(26(30)33)14-17-4-11-22-23(12-17)35-15-34-22/h2-12,21H,13-15H2,1H3,(H,28,31)/t21-/m1/s1. The van der Waals surface area contributed by atoms with E-state index < -0.39 is 29.7 Å². The molecule has 0 radical (unpaired) electrons. The van der Waals surface area contributed by atoms with E-state index >= 15 is 0 Å². The molecule has 1 N–H and O–H groups in total. The van der Waals surface area contributed by atoms with Crippen LogP contribution in [-0.4, -0.2) is 35.6 Å². The van der Waals surface area contributed by atoms with E-state index in [4.69, 9.17) is 9.47 Å². The minimum atomic E-state index is -1.02. The number of benzene rings is 3. The van der Waals surface area contributed by atoms with Crippen molar-refractivity contribution >= 4 is 29.2 Å². The number of ether oxygens (including phenoxy) is 2. The zero-order valence-electron chi connectivity index (χ0n) is 18.9. The van der Waals surface area contributed by atoms with Gasteiger partial charge in [0.1, 0.15) is 11.9 Å². The van der Waals surface area contributed by atoms with E-state index in [0.29, 0.717) is 22.9 Å². The van der Waals surface area contributed by atoms with Crippen LogP contribution in [0.4, 0.5) is 20.6 Å². The lowest BCUT2D eigenvalue weighted by atomic mass is 10.1. The van der Waals surface area contributed by atoms with Gasteiger partial charge in [-0.05, 0) is 61.0 Å². The summed E-state index contributed by atoms with van der Waals surface area (Å²) in [5.41, 5.74) is 2.54. The lowest BCUT2D eigenvalue weighted by molar-refractivity contribution is -0.124. The van der Waals surface area contributed by atoms with Crippen LogP contribution in [0.15, 0.2) is 66.7 Å². The Morgan fingerprint density at radius 1 is 1.00 bits per heavy atom. The van der Waals surface area contributed by atoms with Gasteiger partial charge in [0.25, 0.3) is 5.91 Å². The first kappa shape index (κ1) is 22.4. The third kappa shape index (κ3) is 4.52. The van der Waals surface area contributed by atoms with E-state index in [1.807, 2.05) is 19.1 Å². The van der Waals surface area contributed by atoms with Crippen molar-refractivity contribution in [2.24, 2.45) is 0 Å². The lowest BCUT2D eigenvalue weighted by Gasteiger charge is -2.22. The molecule has 9 heteroatoms. The monoisotopic (exact) mass is 475 g/mol. The summed E-state index contributed by atoms with van der Waals surface area (Å²) in [6.45, 7) is 2.12. The normalized spacial score (nSPS) is 16.7. The van der Waals surface area contributed by atoms with Crippen LogP contribution in [0, 0.1) is 12.7 Å². The number of hydrogen-bond donors (Lipinski definition) is 1. The number of nitrogens with zero attached hydrogens (tertiary/aromatic N) is 2. The zero-order chi connectivity index (χ0) is 24.5. The lowest BCUT2D eigenvalue weighted by Crippen LogP contribution is -2.37. The second kappa shape index (κ2) is 9.09. The summed E-state index contributed by atoms with van der Waals surface area (Å²) in [5, 5.41) is 2.66. The van der Waals surface area contributed by atoms with Crippen molar-refractivity contribution in [2.45, 2.75) is 25.9 Å². The zero-order valence-corrected chi connectivity index (χ0v) is 18.9. The molecule has 0 aliphatic carbocycles. The molecule has 3 aromatic rings. The third-order valence-corrected chi connectivity index (χ3v) is 5.91. The molecule has 2 heterocycles. The van der Waals surface area contributed by atoms with Crippen molar-refractivity contribution in [3.05, 3.63) is 83.7 Å². The number of hydrogen-bond acceptors (Lipinski definition) is 5. The molecule has 1 saturated heterocycles. The Labute approximate surface area is 200 Å². The Hall–Kier alpha value is -4.40. The topological polar surface area (TPSA) is 88.2 Å². The van der Waals surface area contributed by atoms with Gasteiger partial charge >= 0.3 is 6.03 Å². The number of aryl methyl sites for hydroxylation is 1. The van der Waals surface area contributed by atoms with Crippen LogP contribution >= 0.6 is 0 Å². The molecule has 178 valence electrons. The maximum Gasteiger partial charge on any atom is 0.332 e. The van der Waals surface area contributed by atoms with E-state index in [9.17, 15) is 18.8 Å². The van der Waals surface area contributed by atoms with E-state index in [0.717, 1.165) is 16.0 Å². The molecular weight excluding hydrogens is 453 g/mol. The van der Waals surface area contributed by atoms with Crippen LogP contribution in [0.2, 0.25) is 0 Å². The van der Waals surface area contributed by atoms with Crippen LogP contribution in [0.3, 0.4) is 0 Å². The highest BCUT2D eigenvalue weighted by atomic mass is 19.1. The fourth-order valence-corrected chi connectivity index (χ4v) is 4.10. The molecule has 1 atom stereocenters. The summed E-state index contributed by atoms with van der Waals surface area (Å²) < 4.78 is 24.0. The summed E-state index contributed by atoms with van der Waals surface area (Å²) in [6, 6.07) is 16.1. The van der Waals surface area contributed by atoms with E-state index in [-0.39, 0.29) is 19.8 Å². The Kier molecular flexibility index (Phi) is 5.82. The fraction of sp³-hybridized carbons (Fsp3) is 0.192. The molecule has 1 fully saturated rings. The van der Waals surface area contributed by atoms with Gasteiger partial charge in [-0.2, -0.15) is 0 Å². The van der Waals surface area contributed by atoms with Crippen LogP contribution in [-0.2, 0) is 16.1 Å². The van der Waals surface area contributed by atoms with Crippen molar-refractivity contribution in [2.75, 3.05) is 17.0 Å². The molecule has 2 aliphatic rings. The molecule has 0 bridgehead atoms. The molecule has 35 heavy (non-hydrogen) atoms. The molecule has 0 aromatic heterocycles. The average Bonchev–Trinajstić information content (AvgIpc) is 3.39. The van der Waals surface area contributed by atoms with Crippen molar-refractivity contribution in [3.8, 4) is 11.5 Å². The van der Waals surface area contributed by atoms with Gasteiger partial charge < -0.3 is 19.7 Å². The average molecular weight is 475 g/mol. The van der Waals surface area contributed by atoms with Crippen molar-refractivity contribution in [1.29, 1.82) is 0 Å². The van der Waals surface area contributed by atoms with Gasteiger partial charge in [-0.3, -0.25) is 9.59 Å². The van der Waals surface area contributed by atoms with Crippen molar-refractivity contribution < 1.29 is 28.2 Å². The van der Waals surface area contributed by atoms with Crippen LogP contribution in [0.5, 0.6) is 11.5 Å². The number of carbonyl (C=O) groups is 3. The predicted molar refractivity (Wildman–Crippen MR) is 126 cm³/mol. The van der Waals surface area contributed by atoms with Gasteiger partial charge in [0.05, 0.1) is 12.1 Å². The van der Waals surface area contributed by atoms with Gasteiger partial charge in [0.2, 0.25) is 12.7 Å². The predicted octanol–water partition coefficient (Wildman–Crippen LogP) is 4.23. The number of urea groups is 1. The quantitative estimate of drug-likeness (QED) is 0.539. The highest BCUT2D eigenvalue weighted by Crippen LogP contribution is 2.34. The molecule has 0 unspecified atom stereocenters. The minimum Gasteiger partial charge on any atom is -0.454 e. The van der Waals surface area contributed by atoms with Crippen LogP contribution in [0.1, 0.15) is 17.5 Å². The molecule has 4 amide bonds. The number of rotatable bonds is 6. The first-order chi connectivity index (χ1) is 16.9. The Balaban J connectivity index is 1.41. The minimum absolute atomic E-state index is 0.0953. The number of carbonyl (C=O) groups excluding carboxylic acids is 3. The first-order valence-corrected chi connectivity index (χ1v) is 11.0. The van der Waals surface area contributed by atoms with Gasteiger partial charge in [-0.25, -0.2) is 14.1 Å². The van der Waals surface area contributed by atoms with Gasteiger partial charge in [0.15, 0.2) is 11.5 Å². The molecule has 2 aliphatic heterocycles. The molecule has 3 aromatic carbocycles. The van der Waals surface area contributed by atoms with Crippen molar-refractivity contribution in [1.82, 2.24) is 4.90 Å². The number of imide groups is 1. The number of nitrogens with one attached hydrogen (secondary N) is 1. The van der Waals surface area contributed by atoms with Gasteiger partial charge in [-0.1, -0.05) is 23.8 Å². The Bertz CT molecular complexity index is 1290. The van der Waals surface area contributed by atoms with Crippen LogP contribution < -0.4 is 19.7 Å². The highest BCUT2D eigenvalue weighted by molar-refractivity contribution is 6.22. The number of anilines is 2. The molecule has 0 spiro atoms. The second-order valence-electron chi connectivity index (χ2n) is 8.38. The molecule has 8 nitrogen and oxygen atoms in total.